The Morgan fingerprint density at radius 1 is 1.06 bits per heavy atom. The second-order valence-electron chi connectivity index (χ2n) is 4.80. The van der Waals surface area contributed by atoms with Crippen molar-refractivity contribution < 1.29 is 0 Å². The summed E-state index contributed by atoms with van der Waals surface area (Å²) in [6.45, 7) is 11.9. The highest BCUT2D eigenvalue weighted by atomic mass is 15.3. The van der Waals surface area contributed by atoms with Crippen LogP contribution in [0, 0.1) is 0 Å². The first-order valence-electron chi connectivity index (χ1n) is 6.10. The molecule has 4 heteroatoms. The van der Waals surface area contributed by atoms with Crippen LogP contribution in [-0.2, 0) is 20.0 Å². The smallest absolute Gasteiger partial charge is 0.146 e. The number of aromatic nitrogens is 3. The van der Waals surface area contributed by atoms with Crippen LogP contribution in [0.4, 0.5) is 0 Å². The summed E-state index contributed by atoms with van der Waals surface area (Å²) in [5.41, 5.74) is 0. The van der Waals surface area contributed by atoms with Gasteiger partial charge in [0, 0.05) is 25.6 Å². The molecule has 4 nitrogen and oxygen atoms in total. The molecule has 16 heavy (non-hydrogen) atoms. The van der Waals surface area contributed by atoms with Crippen LogP contribution in [0.25, 0.3) is 0 Å². The van der Waals surface area contributed by atoms with Gasteiger partial charge in [-0.15, -0.1) is 10.2 Å². The molecule has 0 spiro atoms. The molecule has 0 aliphatic rings. The number of aryl methyl sites for hydroxylation is 1. The van der Waals surface area contributed by atoms with E-state index in [0.29, 0.717) is 12.1 Å². The Labute approximate surface area is 98.7 Å². The third kappa shape index (κ3) is 2.82. The maximum atomic E-state index is 4.26. The highest BCUT2D eigenvalue weighted by Gasteiger charge is 2.17. The second-order valence-corrected chi connectivity index (χ2v) is 4.80. The molecule has 0 saturated heterocycles. The Kier molecular flexibility index (Phi) is 4.47. The van der Waals surface area contributed by atoms with Crippen molar-refractivity contribution in [1.29, 1.82) is 0 Å². The molecule has 1 rings (SSSR count). The summed E-state index contributed by atoms with van der Waals surface area (Å²) < 4.78 is 2.11. The zero-order valence-corrected chi connectivity index (χ0v) is 11.4. The zero-order valence-electron chi connectivity index (χ0n) is 11.4. The molecule has 0 aliphatic heterocycles. The van der Waals surface area contributed by atoms with Gasteiger partial charge in [-0.2, -0.15) is 0 Å². The molecule has 92 valence electrons. The summed E-state index contributed by atoms with van der Waals surface area (Å²) in [6, 6.07) is 1.06. The van der Waals surface area contributed by atoms with Crippen molar-refractivity contribution in [3.05, 3.63) is 11.6 Å². The maximum absolute atomic E-state index is 4.26. The van der Waals surface area contributed by atoms with Crippen LogP contribution in [0.3, 0.4) is 0 Å². The van der Waals surface area contributed by atoms with E-state index in [1.54, 1.807) is 0 Å². The van der Waals surface area contributed by atoms with Crippen molar-refractivity contribution in [2.75, 3.05) is 0 Å². The summed E-state index contributed by atoms with van der Waals surface area (Å²) in [4.78, 5) is 2.42. The van der Waals surface area contributed by atoms with Crippen molar-refractivity contribution in [3.8, 4) is 0 Å². The minimum atomic E-state index is 0.529. The third-order valence-electron chi connectivity index (χ3n) is 3.02. The lowest BCUT2D eigenvalue weighted by atomic mass is 10.2. The lowest BCUT2D eigenvalue weighted by Gasteiger charge is -2.29. The van der Waals surface area contributed by atoms with E-state index in [9.17, 15) is 0 Å². The molecule has 1 aromatic rings. The molecule has 0 unspecified atom stereocenters. The third-order valence-corrected chi connectivity index (χ3v) is 3.02. The number of nitrogens with zero attached hydrogens (tertiary/aromatic N) is 4. The van der Waals surface area contributed by atoms with E-state index in [1.165, 1.54) is 0 Å². The summed E-state index contributed by atoms with van der Waals surface area (Å²) in [5.74, 6) is 2.11. The monoisotopic (exact) mass is 224 g/mol. The van der Waals surface area contributed by atoms with Crippen LogP contribution in [0.2, 0.25) is 0 Å². The largest absolute Gasteiger partial charge is 0.317 e. The van der Waals surface area contributed by atoms with E-state index < -0.39 is 0 Å². The predicted molar refractivity (Wildman–Crippen MR) is 66.2 cm³/mol. The lowest BCUT2D eigenvalue weighted by molar-refractivity contribution is 0.160. The normalized spacial score (nSPS) is 12.1. The van der Waals surface area contributed by atoms with E-state index in [2.05, 4.69) is 54.3 Å². The van der Waals surface area contributed by atoms with Gasteiger partial charge in [0.2, 0.25) is 0 Å². The maximum Gasteiger partial charge on any atom is 0.146 e. The molecule has 0 saturated carbocycles. The number of hydrogen-bond acceptors (Lipinski definition) is 3. The molecule has 0 atom stereocenters. The van der Waals surface area contributed by atoms with Crippen LogP contribution in [-0.4, -0.2) is 31.7 Å². The van der Waals surface area contributed by atoms with Gasteiger partial charge in [-0.25, -0.2) is 0 Å². The molecular formula is C12H24N4. The summed E-state index contributed by atoms with van der Waals surface area (Å²) in [6.07, 6.45) is 0.937. The predicted octanol–water partition coefficient (Wildman–Crippen LogP) is 2.00. The molecule has 0 amide bonds. The molecule has 0 bridgehead atoms. The fourth-order valence-corrected chi connectivity index (χ4v) is 1.97. The zero-order chi connectivity index (χ0) is 12.3. The molecule has 1 heterocycles. The summed E-state index contributed by atoms with van der Waals surface area (Å²) in [7, 11) is 2.05. The first-order chi connectivity index (χ1) is 7.47. The highest BCUT2D eigenvalue weighted by molar-refractivity contribution is 4.95. The minimum Gasteiger partial charge on any atom is -0.317 e. The molecule has 0 aliphatic carbocycles. The Bertz CT molecular complexity index is 320. The summed E-state index contributed by atoms with van der Waals surface area (Å²) in [5, 5.41) is 8.45. The quantitative estimate of drug-likeness (QED) is 0.767. The fraction of sp³-hybridized carbons (Fsp3) is 0.833. The Morgan fingerprint density at radius 2 is 1.56 bits per heavy atom. The van der Waals surface area contributed by atoms with Gasteiger partial charge in [-0.1, -0.05) is 6.92 Å². The topological polar surface area (TPSA) is 34.0 Å². The highest BCUT2D eigenvalue weighted by Crippen LogP contribution is 2.11. The van der Waals surface area contributed by atoms with Gasteiger partial charge < -0.3 is 4.57 Å². The minimum absolute atomic E-state index is 0.529. The van der Waals surface area contributed by atoms with Gasteiger partial charge in [0.25, 0.3) is 0 Å². The van der Waals surface area contributed by atoms with Crippen molar-refractivity contribution in [3.63, 3.8) is 0 Å². The average molecular weight is 224 g/mol. The van der Waals surface area contributed by atoms with E-state index in [0.717, 1.165) is 24.6 Å². The molecule has 0 radical (unpaired) electrons. The Balaban J connectivity index is 2.81. The Hall–Kier alpha value is -0.900. The van der Waals surface area contributed by atoms with Crippen molar-refractivity contribution >= 4 is 0 Å². The van der Waals surface area contributed by atoms with Gasteiger partial charge in [0.15, 0.2) is 0 Å². The van der Waals surface area contributed by atoms with Crippen molar-refractivity contribution in [2.45, 2.75) is 59.7 Å². The van der Waals surface area contributed by atoms with Gasteiger partial charge >= 0.3 is 0 Å². The van der Waals surface area contributed by atoms with Crippen LogP contribution in [0.1, 0.15) is 46.3 Å². The van der Waals surface area contributed by atoms with Gasteiger partial charge in [-0.3, -0.25) is 4.90 Å². The SMILES string of the molecule is CCc1nnc(CN(C(C)C)C(C)C)n1C. The molecule has 0 N–H and O–H groups in total. The first kappa shape index (κ1) is 13.2. The van der Waals surface area contributed by atoms with Gasteiger partial charge in [0.1, 0.15) is 11.6 Å². The number of rotatable bonds is 5. The van der Waals surface area contributed by atoms with E-state index in [-0.39, 0.29) is 0 Å². The van der Waals surface area contributed by atoms with Crippen LogP contribution in [0.15, 0.2) is 0 Å². The first-order valence-corrected chi connectivity index (χ1v) is 6.10. The fourth-order valence-electron chi connectivity index (χ4n) is 1.97. The standard InChI is InChI=1S/C12H24N4/c1-7-11-13-14-12(15(11)6)8-16(9(2)3)10(4)5/h9-10H,7-8H2,1-6H3. The van der Waals surface area contributed by atoms with Crippen molar-refractivity contribution in [2.24, 2.45) is 7.05 Å². The van der Waals surface area contributed by atoms with Crippen LogP contribution >= 0.6 is 0 Å². The van der Waals surface area contributed by atoms with E-state index in [1.807, 2.05) is 7.05 Å². The van der Waals surface area contributed by atoms with E-state index >= 15 is 0 Å². The lowest BCUT2D eigenvalue weighted by Crippen LogP contribution is -2.37. The molecule has 1 aromatic heterocycles. The van der Waals surface area contributed by atoms with E-state index in [4.69, 9.17) is 0 Å². The second kappa shape index (κ2) is 5.43. The molecule has 0 aromatic carbocycles. The Morgan fingerprint density at radius 3 is 1.94 bits per heavy atom. The van der Waals surface area contributed by atoms with Gasteiger partial charge in [0.05, 0.1) is 6.54 Å². The molecular weight excluding hydrogens is 200 g/mol. The summed E-state index contributed by atoms with van der Waals surface area (Å²) >= 11 is 0. The van der Waals surface area contributed by atoms with Crippen molar-refractivity contribution in [1.82, 2.24) is 19.7 Å². The van der Waals surface area contributed by atoms with Gasteiger partial charge in [-0.05, 0) is 27.7 Å². The number of hydrogen-bond donors (Lipinski definition) is 0. The van der Waals surface area contributed by atoms with Crippen LogP contribution in [0.5, 0.6) is 0 Å². The average Bonchev–Trinajstić information content (AvgIpc) is 2.54. The molecule has 0 fully saturated rings. The van der Waals surface area contributed by atoms with Crippen LogP contribution < -0.4 is 0 Å².